The summed E-state index contributed by atoms with van der Waals surface area (Å²) in [7, 11) is -1.44. The lowest BCUT2D eigenvalue weighted by Crippen LogP contribution is -2.30. The summed E-state index contributed by atoms with van der Waals surface area (Å²) in [6.45, 7) is 6.75. The molecule has 2 aromatic rings. The molecule has 188 valence electrons. The van der Waals surface area contributed by atoms with Gasteiger partial charge in [-0.05, 0) is 55.2 Å². The molecule has 34 heavy (non-hydrogen) atoms. The smallest absolute Gasteiger partial charge is 0.371 e. The molecular weight excluding hydrogens is 470 g/mol. The fourth-order valence-electron chi connectivity index (χ4n) is 3.60. The van der Waals surface area contributed by atoms with Crippen LogP contribution in [0.3, 0.4) is 0 Å². The molecular formula is C24H31F4N3O2S. The van der Waals surface area contributed by atoms with Crippen molar-refractivity contribution in [2.75, 3.05) is 29.0 Å². The van der Waals surface area contributed by atoms with Gasteiger partial charge < -0.3 is 14.9 Å². The lowest BCUT2D eigenvalue weighted by molar-refractivity contribution is -0.137. The molecule has 1 amide bonds. The van der Waals surface area contributed by atoms with Gasteiger partial charge in [-0.15, -0.1) is 0 Å². The van der Waals surface area contributed by atoms with Crippen molar-refractivity contribution in [3.63, 3.8) is 0 Å². The molecule has 0 aliphatic rings. The van der Waals surface area contributed by atoms with Gasteiger partial charge in [-0.3, -0.25) is 4.79 Å². The maximum absolute atomic E-state index is 14.3. The molecule has 0 heterocycles. The Morgan fingerprint density at radius 1 is 1.09 bits per heavy atom. The second-order valence-corrected chi connectivity index (χ2v) is 9.18. The zero-order chi connectivity index (χ0) is 25.5. The van der Waals surface area contributed by atoms with Crippen LogP contribution in [0.15, 0.2) is 36.4 Å². The number of rotatable bonds is 11. The molecule has 2 aromatic carbocycles. The van der Waals surface area contributed by atoms with Gasteiger partial charge in [0.15, 0.2) is 0 Å². The number of hydrogen-bond acceptors (Lipinski definition) is 3. The van der Waals surface area contributed by atoms with E-state index in [0.29, 0.717) is 29.9 Å². The zero-order valence-electron chi connectivity index (χ0n) is 19.8. The molecule has 0 saturated heterocycles. The van der Waals surface area contributed by atoms with E-state index in [0.717, 1.165) is 25.0 Å². The first kappa shape index (κ1) is 27.6. The standard InChI is InChI=1S/C24H31F4N3O2S/c1-5-11-31(12-6-2)22-14-19(24(26,27)28)9-7-18(22)15-29-23(32)16(3)17-8-10-21(20(25)13-17)30-34(4)33/h7-10,13-14,16,30H,5-6,11-12,15H2,1-4H3,(H,29,32). The number of alkyl halides is 3. The summed E-state index contributed by atoms with van der Waals surface area (Å²) in [6.07, 6.45) is -1.56. The minimum absolute atomic E-state index is 0.0392. The molecule has 0 fully saturated rings. The Bertz CT molecular complexity index is 1010. The Labute approximate surface area is 200 Å². The zero-order valence-corrected chi connectivity index (χ0v) is 20.6. The van der Waals surface area contributed by atoms with Crippen molar-refractivity contribution >= 4 is 28.3 Å². The molecule has 2 rings (SSSR count). The van der Waals surface area contributed by atoms with Crippen molar-refractivity contribution in [3.8, 4) is 0 Å². The van der Waals surface area contributed by atoms with Crippen molar-refractivity contribution in [2.24, 2.45) is 0 Å². The Balaban J connectivity index is 2.23. The Morgan fingerprint density at radius 2 is 1.74 bits per heavy atom. The van der Waals surface area contributed by atoms with Crippen LogP contribution >= 0.6 is 0 Å². The third kappa shape index (κ3) is 7.44. The van der Waals surface area contributed by atoms with E-state index < -0.39 is 34.5 Å². The molecule has 0 spiro atoms. The number of benzene rings is 2. The first-order valence-electron chi connectivity index (χ1n) is 11.1. The van der Waals surface area contributed by atoms with Crippen molar-refractivity contribution in [1.82, 2.24) is 5.32 Å². The second kappa shape index (κ2) is 12.2. The molecule has 2 N–H and O–H groups in total. The highest BCUT2D eigenvalue weighted by molar-refractivity contribution is 7.85. The van der Waals surface area contributed by atoms with E-state index in [2.05, 4.69) is 10.0 Å². The van der Waals surface area contributed by atoms with Gasteiger partial charge in [0.05, 0.1) is 17.2 Å². The maximum Gasteiger partial charge on any atom is 0.416 e. The van der Waals surface area contributed by atoms with Crippen LogP contribution in [0.25, 0.3) is 0 Å². The summed E-state index contributed by atoms with van der Waals surface area (Å²) < 4.78 is 68.0. The van der Waals surface area contributed by atoms with E-state index in [1.54, 1.807) is 13.0 Å². The summed E-state index contributed by atoms with van der Waals surface area (Å²) in [4.78, 5) is 14.7. The number of hydrogen-bond donors (Lipinski definition) is 2. The van der Waals surface area contributed by atoms with Gasteiger partial charge in [0, 0.05) is 31.6 Å². The molecule has 0 aliphatic carbocycles. The van der Waals surface area contributed by atoms with E-state index in [1.165, 1.54) is 24.5 Å². The summed E-state index contributed by atoms with van der Waals surface area (Å²) >= 11 is 0. The highest BCUT2D eigenvalue weighted by atomic mass is 32.2. The molecule has 0 saturated carbocycles. The van der Waals surface area contributed by atoms with E-state index >= 15 is 0 Å². The third-order valence-electron chi connectivity index (χ3n) is 5.33. The van der Waals surface area contributed by atoms with E-state index in [4.69, 9.17) is 0 Å². The first-order chi connectivity index (χ1) is 16.0. The lowest BCUT2D eigenvalue weighted by atomic mass is 9.99. The third-order valence-corrected chi connectivity index (χ3v) is 5.84. The largest absolute Gasteiger partial charge is 0.416 e. The van der Waals surface area contributed by atoms with E-state index in [9.17, 15) is 26.6 Å². The maximum atomic E-state index is 14.3. The van der Waals surface area contributed by atoms with Gasteiger partial charge >= 0.3 is 6.18 Å². The van der Waals surface area contributed by atoms with Crippen LogP contribution in [-0.2, 0) is 28.5 Å². The predicted octanol–water partition coefficient (Wildman–Crippen LogP) is 5.60. The fourth-order valence-corrected chi connectivity index (χ4v) is 4.08. The molecule has 2 unspecified atom stereocenters. The molecule has 0 aromatic heterocycles. The molecule has 0 aliphatic heterocycles. The quantitative estimate of drug-likeness (QED) is 0.394. The monoisotopic (exact) mass is 501 g/mol. The van der Waals surface area contributed by atoms with E-state index in [-0.39, 0.29) is 18.1 Å². The summed E-state index contributed by atoms with van der Waals surface area (Å²) in [6, 6.07) is 7.73. The van der Waals surface area contributed by atoms with Crippen LogP contribution in [-0.4, -0.2) is 29.5 Å². The van der Waals surface area contributed by atoms with Crippen LogP contribution in [0, 0.1) is 5.82 Å². The summed E-state index contributed by atoms with van der Waals surface area (Å²) in [5, 5.41) is 2.77. The number of amides is 1. The van der Waals surface area contributed by atoms with Gasteiger partial charge in [-0.2, -0.15) is 13.2 Å². The minimum Gasteiger partial charge on any atom is -0.371 e. The summed E-state index contributed by atoms with van der Waals surface area (Å²) in [5.41, 5.74) is 0.777. The molecule has 0 bridgehead atoms. The fraction of sp³-hybridized carbons (Fsp3) is 0.458. The SMILES string of the molecule is CCCN(CCC)c1cc(C(F)(F)F)ccc1CNC(=O)C(C)c1ccc(NS(C)=O)c(F)c1. The number of nitrogens with zero attached hydrogens (tertiary/aromatic N) is 1. The number of carbonyl (C=O) groups is 1. The normalized spacial score (nSPS) is 13.3. The highest BCUT2D eigenvalue weighted by Crippen LogP contribution is 2.34. The average Bonchev–Trinajstić information content (AvgIpc) is 2.77. The second-order valence-electron chi connectivity index (χ2n) is 8.06. The van der Waals surface area contributed by atoms with Crippen molar-refractivity contribution in [3.05, 3.63) is 58.9 Å². The minimum atomic E-state index is -4.47. The molecule has 10 heteroatoms. The van der Waals surface area contributed by atoms with Crippen molar-refractivity contribution < 1.29 is 26.6 Å². The predicted molar refractivity (Wildman–Crippen MR) is 129 cm³/mol. The van der Waals surface area contributed by atoms with Gasteiger partial charge in [0.25, 0.3) is 0 Å². The van der Waals surface area contributed by atoms with Crippen LogP contribution < -0.4 is 14.9 Å². The molecule has 2 atom stereocenters. The van der Waals surface area contributed by atoms with Crippen LogP contribution in [0.4, 0.5) is 28.9 Å². The topological polar surface area (TPSA) is 61.4 Å². The number of anilines is 2. The van der Waals surface area contributed by atoms with Crippen LogP contribution in [0.5, 0.6) is 0 Å². The average molecular weight is 502 g/mol. The number of halogens is 4. The summed E-state index contributed by atoms with van der Waals surface area (Å²) in [5.74, 6) is -1.72. The highest BCUT2D eigenvalue weighted by Gasteiger charge is 2.31. The molecule has 0 radical (unpaired) electrons. The van der Waals surface area contributed by atoms with Crippen molar-refractivity contribution in [2.45, 2.75) is 52.3 Å². The van der Waals surface area contributed by atoms with Crippen LogP contribution in [0.2, 0.25) is 0 Å². The Kier molecular flexibility index (Phi) is 9.90. The van der Waals surface area contributed by atoms with Crippen LogP contribution in [0.1, 0.15) is 56.2 Å². The van der Waals surface area contributed by atoms with Crippen molar-refractivity contribution in [1.29, 1.82) is 0 Å². The van der Waals surface area contributed by atoms with Gasteiger partial charge in [0.2, 0.25) is 5.91 Å². The van der Waals surface area contributed by atoms with Gasteiger partial charge in [-0.25, -0.2) is 8.60 Å². The van der Waals surface area contributed by atoms with Gasteiger partial charge in [-0.1, -0.05) is 26.0 Å². The number of nitrogens with one attached hydrogen (secondary N) is 2. The first-order valence-corrected chi connectivity index (χ1v) is 12.7. The Morgan fingerprint density at radius 3 is 2.26 bits per heavy atom. The number of carbonyl (C=O) groups excluding carboxylic acids is 1. The van der Waals surface area contributed by atoms with Gasteiger partial charge in [0.1, 0.15) is 16.8 Å². The molecule has 5 nitrogen and oxygen atoms in total. The lowest BCUT2D eigenvalue weighted by Gasteiger charge is -2.27. The van der Waals surface area contributed by atoms with E-state index in [1.807, 2.05) is 18.7 Å². The Hall–Kier alpha value is -2.62.